The van der Waals surface area contributed by atoms with Gasteiger partial charge in [0.1, 0.15) is 0 Å². The number of hydrogen-bond donors (Lipinski definition) is 3. The van der Waals surface area contributed by atoms with Crippen LogP contribution in [0.1, 0.15) is 67.2 Å². The van der Waals surface area contributed by atoms with Crippen molar-refractivity contribution in [1.29, 1.82) is 0 Å². The molecule has 2 rings (SSSR count). The molecule has 3 N–H and O–H groups in total. The van der Waals surface area contributed by atoms with E-state index in [0.29, 0.717) is 6.42 Å². The number of aliphatic carboxylic acids is 1. The van der Waals surface area contributed by atoms with Gasteiger partial charge in [-0.15, -0.1) is 13.1 Å². The van der Waals surface area contributed by atoms with E-state index in [4.69, 9.17) is 14.2 Å². The number of carboxylic acids is 1. The molecule has 0 spiro atoms. The Labute approximate surface area is 289 Å². The first kappa shape index (κ1) is 44.3. The van der Waals surface area contributed by atoms with Crippen molar-refractivity contribution < 1.29 is 62.4 Å². The van der Waals surface area contributed by atoms with Crippen LogP contribution in [-0.4, -0.2) is 109 Å². The van der Waals surface area contributed by atoms with Crippen LogP contribution in [0.3, 0.4) is 0 Å². The molecule has 0 radical (unpaired) electrons. The van der Waals surface area contributed by atoms with Gasteiger partial charge in [0.2, 0.25) is 5.91 Å². The van der Waals surface area contributed by atoms with Crippen LogP contribution < -0.4 is 24.2 Å². The van der Waals surface area contributed by atoms with E-state index in [0.717, 1.165) is 38.0 Å². The van der Waals surface area contributed by atoms with Gasteiger partial charge in [0.25, 0.3) is 0 Å². The smallest absolute Gasteiger partial charge is 0.651 e. The Kier molecular flexibility index (Phi) is 21.2. The number of ether oxygens (including phenoxy) is 4. The zero-order valence-corrected chi connectivity index (χ0v) is 29.5. The second-order valence-corrected chi connectivity index (χ2v) is 12.7. The Morgan fingerprint density at radius 2 is 1.85 bits per heavy atom. The van der Waals surface area contributed by atoms with Gasteiger partial charge in [0.15, 0.2) is 6.04 Å². The molecule has 2 heterocycles. The van der Waals surface area contributed by atoms with Gasteiger partial charge in [-0.1, -0.05) is 45.5 Å². The summed E-state index contributed by atoms with van der Waals surface area (Å²) in [5, 5.41) is 21.5. The van der Waals surface area contributed by atoms with Crippen LogP contribution >= 0.6 is 0 Å². The van der Waals surface area contributed by atoms with E-state index in [-0.39, 0.29) is 73.1 Å². The molecule has 260 valence electrons. The molecule has 0 aromatic heterocycles. The first-order valence-electron chi connectivity index (χ1n) is 15.8. The molecule has 0 bridgehead atoms. The van der Waals surface area contributed by atoms with Crippen LogP contribution in [0, 0.1) is 31.6 Å². The van der Waals surface area contributed by atoms with Crippen molar-refractivity contribution in [1.82, 2.24) is 10.2 Å². The van der Waals surface area contributed by atoms with E-state index in [1.54, 1.807) is 14.0 Å². The number of methoxy groups -OCH3 is 1. The third-order valence-corrected chi connectivity index (χ3v) is 8.58. The summed E-state index contributed by atoms with van der Waals surface area (Å²) in [5.41, 5.74) is 0.800. The van der Waals surface area contributed by atoms with Crippen molar-refractivity contribution in [3.8, 4) is 0 Å². The second-order valence-electron chi connectivity index (χ2n) is 12.7. The van der Waals surface area contributed by atoms with Gasteiger partial charge in [-0.05, 0) is 64.5 Å². The van der Waals surface area contributed by atoms with Crippen LogP contribution in [0.25, 0.3) is 0 Å². The molecule has 2 saturated heterocycles. The number of carbonyl (C=O) groups is 2. The summed E-state index contributed by atoms with van der Waals surface area (Å²) in [6.45, 7) is 21.8. The van der Waals surface area contributed by atoms with Crippen LogP contribution in [0.2, 0.25) is 0 Å². The Hall–Kier alpha value is -1.71. The fourth-order valence-corrected chi connectivity index (χ4v) is 5.89. The number of aliphatic hydroxyl groups is 1. The molecule has 2 aliphatic heterocycles. The molecule has 10 atom stereocenters. The van der Waals surface area contributed by atoms with Gasteiger partial charge in [0.05, 0.1) is 49.1 Å². The average Bonchev–Trinajstić information content (AvgIpc) is 3.65. The summed E-state index contributed by atoms with van der Waals surface area (Å²) in [6.07, 6.45) is 7.38. The number of nitrogens with one attached hydrogen (secondary N) is 1. The summed E-state index contributed by atoms with van der Waals surface area (Å²) in [4.78, 5) is 35.9. The first-order chi connectivity index (χ1) is 21.1. The third-order valence-electron chi connectivity index (χ3n) is 8.58. The minimum atomic E-state index is -1.33. The number of epoxide rings is 1. The zero-order valence-electron chi connectivity index (χ0n) is 29.5. The average molecular weight is 645 g/mol. The van der Waals surface area contributed by atoms with Gasteiger partial charge in [0, 0.05) is 13.0 Å². The standard InChI is InChI=1S/C29H46NO9.C5H11N.Li/c1-17(14-29(6)27(39-29)20(4)26(36-7)21(5)32)9-8-10-18(2)25-19(3)11-12-22(38-25)13-24(33)30-23(28(34)35)15-37-16-31;1-4-6(3)5-2;/h8-10,17,19-23,25-27,32H,11-15H2,1-7H3,(H,30,33)(H,34,35);1-2,4-5H2,3H3;/q-1;-2;+1/b9-8+,18-10+;;/t17-,19+,20-,21-,22-,23+,25-,26-,27-,29-;;/m1../s1. The summed E-state index contributed by atoms with van der Waals surface area (Å²) >= 11 is 0. The monoisotopic (exact) mass is 644 g/mol. The van der Waals surface area contributed by atoms with Crippen LogP contribution in [0.4, 0.5) is 0 Å². The summed E-state index contributed by atoms with van der Waals surface area (Å²) in [7, 11) is 3.60. The van der Waals surface area contributed by atoms with Crippen molar-refractivity contribution in [3.05, 3.63) is 37.6 Å². The van der Waals surface area contributed by atoms with Crippen molar-refractivity contribution >= 4 is 18.3 Å². The molecular formula is C34H57LiN2O9-2. The predicted molar refractivity (Wildman–Crippen MR) is 173 cm³/mol. The van der Waals surface area contributed by atoms with E-state index in [1.165, 1.54) is 0 Å². The molecule has 2 aliphatic rings. The number of hydrogen-bond acceptors (Lipinski definition) is 9. The molecule has 2 fully saturated rings. The normalized spacial score (nSPS) is 27.7. The molecule has 12 heteroatoms. The maximum absolute atomic E-state index is 12.4. The SMILES string of the molecule is CO[C@H]([C@@H](C)[C@H]1O[C@]1(C)C[C@H](C)/C=C/C=C(\C)[C@H]1O[C@@H](CC(=O)N[C@@H](CO[C-]=O)C(=O)O)CC[C@@H]1C)[C@@H](C)O.[CH2-]CN(C)C[CH2-].[Li+]. The maximum atomic E-state index is 12.4. The summed E-state index contributed by atoms with van der Waals surface area (Å²) in [5.74, 6) is -1.14. The molecule has 46 heavy (non-hydrogen) atoms. The van der Waals surface area contributed by atoms with Gasteiger partial charge < -0.3 is 58.0 Å². The molecule has 1 amide bonds. The number of carboxylic acid groups (broad SMARTS) is 1. The summed E-state index contributed by atoms with van der Waals surface area (Å²) in [6, 6.07) is -1.33. The van der Waals surface area contributed by atoms with Gasteiger partial charge >= 0.3 is 24.8 Å². The molecular weight excluding hydrogens is 587 g/mol. The van der Waals surface area contributed by atoms with Crippen molar-refractivity contribution in [2.24, 2.45) is 17.8 Å². The van der Waals surface area contributed by atoms with E-state index in [9.17, 15) is 24.6 Å². The van der Waals surface area contributed by atoms with Crippen LogP contribution in [0.15, 0.2) is 23.8 Å². The number of aliphatic hydroxyl groups excluding tert-OH is 1. The van der Waals surface area contributed by atoms with Crippen molar-refractivity contribution in [2.45, 2.75) is 109 Å². The Morgan fingerprint density at radius 1 is 1.22 bits per heavy atom. The van der Waals surface area contributed by atoms with E-state index < -0.39 is 30.6 Å². The topological polar surface area (TPSA) is 147 Å². The fourth-order valence-electron chi connectivity index (χ4n) is 5.89. The van der Waals surface area contributed by atoms with E-state index in [1.807, 2.05) is 31.0 Å². The molecule has 0 saturated carbocycles. The van der Waals surface area contributed by atoms with E-state index >= 15 is 0 Å². The quantitative estimate of drug-likeness (QED) is 0.0836. The molecule has 0 aromatic carbocycles. The number of amides is 1. The molecule has 11 nitrogen and oxygen atoms in total. The Bertz CT molecular complexity index is 974. The second kappa shape index (κ2) is 22.0. The predicted octanol–water partition coefficient (Wildman–Crippen LogP) is 0.522. The molecule has 0 unspecified atom stereocenters. The first-order valence-corrected chi connectivity index (χ1v) is 15.8. The maximum Gasteiger partial charge on any atom is 1.00 e. The molecule has 0 aliphatic carbocycles. The number of rotatable bonds is 18. The number of carbonyl (C=O) groups excluding carboxylic acids is 2. The minimum Gasteiger partial charge on any atom is -0.651 e. The number of nitrogens with zero attached hydrogens (tertiary/aromatic N) is 1. The van der Waals surface area contributed by atoms with Crippen LogP contribution in [-0.2, 0) is 33.3 Å². The molecule has 0 aromatic rings. The zero-order chi connectivity index (χ0) is 34.3. The van der Waals surface area contributed by atoms with Crippen LogP contribution in [0.5, 0.6) is 0 Å². The van der Waals surface area contributed by atoms with Gasteiger partial charge in [-0.25, -0.2) is 4.79 Å². The van der Waals surface area contributed by atoms with Gasteiger partial charge in [-0.3, -0.25) is 4.79 Å². The van der Waals surface area contributed by atoms with E-state index in [2.05, 4.69) is 57.7 Å². The fraction of sp³-hybridized carbons (Fsp3) is 0.735. The van der Waals surface area contributed by atoms with Gasteiger partial charge in [-0.2, -0.15) is 0 Å². The summed E-state index contributed by atoms with van der Waals surface area (Å²) < 4.78 is 22.1. The Morgan fingerprint density at radius 3 is 2.35 bits per heavy atom. The Balaban J connectivity index is 0.00000263. The number of allylic oxidation sites excluding steroid dienone is 3. The third kappa shape index (κ3) is 15.0. The largest absolute Gasteiger partial charge is 1.00 e. The minimum absolute atomic E-state index is 0. The van der Waals surface area contributed by atoms with Crippen molar-refractivity contribution in [3.63, 3.8) is 0 Å². The van der Waals surface area contributed by atoms with Crippen molar-refractivity contribution in [2.75, 3.05) is 33.9 Å².